The summed E-state index contributed by atoms with van der Waals surface area (Å²) in [4.78, 5) is 24.4. The largest absolute Gasteiger partial charge is 0.445 e. The summed E-state index contributed by atoms with van der Waals surface area (Å²) < 4.78 is 5.19. The monoisotopic (exact) mass is 340 g/mol. The van der Waals surface area contributed by atoms with Gasteiger partial charge in [-0.1, -0.05) is 74.5 Å². The Bertz CT molecular complexity index is 672. The van der Waals surface area contributed by atoms with E-state index in [1.54, 1.807) is 0 Å². The number of benzene rings is 2. The third-order valence-corrected chi connectivity index (χ3v) is 3.74. The highest BCUT2D eigenvalue weighted by atomic mass is 16.5. The normalized spacial score (nSPS) is 11.6. The van der Waals surface area contributed by atoms with E-state index in [0.717, 1.165) is 11.1 Å². The number of alkyl carbamates (subject to hydrolysis) is 1. The zero-order chi connectivity index (χ0) is 18.1. The van der Waals surface area contributed by atoms with E-state index in [0.29, 0.717) is 6.54 Å². The lowest BCUT2D eigenvalue weighted by Crippen LogP contribution is -2.49. The lowest BCUT2D eigenvalue weighted by molar-refractivity contribution is -0.124. The summed E-state index contributed by atoms with van der Waals surface area (Å²) in [6.07, 6.45) is -0.600. The van der Waals surface area contributed by atoms with Gasteiger partial charge in [0.15, 0.2) is 0 Å². The number of hydrogen-bond acceptors (Lipinski definition) is 3. The van der Waals surface area contributed by atoms with Gasteiger partial charge < -0.3 is 15.4 Å². The van der Waals surface area contributed by atoms with E-state index in [2.05, 4.69) is 10.6 Å². The topological polar surface area (TPSA) is 67.4 Å². The second-order valence-corrected chi connectivity index (χ2v) is 6.13. The number of carbonyl (C=O) groups is 2. The Balaban J connectivity index is 1.84. The molecule has 0 aliphatic rings. The molecule has 0 saturated carbocycles. The van der Waals surface area contributed by atoms with Gasteiger partial charge in [0.2, 0.25) is 5.91 Å². The molecule has 2 aromatic carbocycles. The Morgan fingerprint density at radius 3 is 2.04 bits per heavy atom. The number of amides is 2. The maximum atomic E-state index is 12.4. The molecule has 2 amide bonds. The predicted octanol–water partition coefficient (Wildman–Crippen LogP) is 3.25. The van der Waals surface area contributed by atoms with Crippen molar-refractivity contribution in [2.24, 2.45) is 5.92 Å². The SMILES string of the molecule is CC(C)[C@@H](NC(=O)OCc1ccccc1)C(=O)NCc1ccccc1. The Morgan fingerprint density at radius 1 is 0.920 bits per heavy atom. The molecule has 0 unspecified atom stereocenters. The molecule has 2 aromatic rings. The molecule has 0 radical (unpaired) electrons. The fourth-order valence-electron chi connectivity index (χ4n) is 2.32. The molecule has 2 N–H and O–H groups in total. The maximum absolute atomic E-state index is 12.4. The highest BCUT2D eigenvalue weighted by Crippen LogP contribution is 2.05. The number of carbonyl (C=O) groups excluding carboxylic acids is 2. The second-order valence-electron chi connectivity index (χ2n) is 6.13. The quantitative estimate of drug-likeness (QED) is 0.813. The van der Waals surface area contributed by atoms with Crippen LogP contribution in [-0.4, -0.2) is 18.0 Å². The van der Waals surface area contributed by atoms with E-state index in [-0.39, 0.29) is 18.4 Å². The minimum absolute atomic E-state index is 0.0555. The minimum Gasteiger partial charge on any atom is -0.445 e. The molecule has 0 aliphatic heterocycles. The maximum Gasteiger partial charge on any atom is 0.408 e. The first-order chi connectivity index (χ1) is 12.1. The van der Waals surface area contributed by atoms with Crippen LogP contribution in [0.3, 0.4) is 0 Å². The Labute approximate surface area is 148 Å². The van der Waals surface area contributed by atoms with Crippen LogP contribution in [0.15, 0.2) is 60.7 Å². The Hall–Kier alpha value is -2.82. The molecule has 2 rings (SSSR count). The van der Waals surface area contributed by atoms with Crippen LogP contribution in [0.5, 0.6) is 0 Å². The smallest absolute Gasteiger partial charge is 0.408 e. The van der Waals surface area contributed by atoms with E-state index in [1.807, 2.05) is 74.5 Å². The molecule has 0 aromatic heterocycles. The van der Waals surface area contributed by atoms with Gasteiger partial charge in [-0.3, -0.25) is 4.79 Å². The van der Waals surface area contributed by atoms with Crippen LogP contribution in [-0.2, 0) is 22.7 Å². The number of rotatable bonds is 7. The van der Waals surface area contributed by atoms with Crippen LogP contribution < -0.4 is 10.6 Å². The standard InChI is InChI=1S/C20H24N2O3/c1-15(2)18(19(23)21-13-16-9-5-3-6-10-16)22-20(24)25-14-17-11-7-4-8-12-17/h3-12,15,18H,13-14H2,1-2H3,(H,21,23)(H,22,24)/t18-/m1/s1. The summed E-state index contributed by atoms with van der Waals surface area (Å²) in [6, 6.07) is 18.4. The first-order valence-corrected chi connectivity index (χ1v) is 8.35. The van der Waals surface area contributed by atoms with Gasteiger partial charge in [0, 0.05) is 6.54 Å². The van der Waals surface area contributed by atoms with E-state index in [1.165, 1.54) is 0 Å². The van der Waals surface area contributed by atoms with E-state index >= 15 is 0 Å². The van der Waals surface area contributed by atoms with Crippen LogP contribution in [0.2, 0.25) is 0 Å². The molecule has 5 heteroatoms. The Morgan fingerprint density at radius 2 is 1.48 bits per heavy atom. The molecule has 0 fully saturated rings. The highest BCUT2D eigenvalue weighted by Gasteiger charge is 2.24. The van der Waals surface area contributed by atoms with Crippen molar-refractivity contribution in [3.63, 3.8) is 0 Å². The zero-order valence-electron chi connectivity index (χ0n) is 14.6. The van der Waals surface area contributed by atoms with E-state index in [4.69, 9.17) is 4.74 Å². The predicted molar refractivity (Wildman–Crippen MR) is 96.7 cm³/mol. The average Bonchev–Trinajstić information content (AvgIpc) is 2.64. The van der Waals surface area contributed by atoms with Crippen molar-refractivity contribution >= 4 is 12.0 Å². The highest BCUT2D eigenvalue weighted by molar-refractivity contribution is 5.85. The van der Waals surface area contributed by atoms with Crippen LogP contribution in [0.25, 0.3) is 0 Å². The molecular weight excluding hydrogens is 316 g/mol. The third-order valence-electron chi connectivity index (χ3n) is 3.74. The number of hydrogen-bond donors (Lipinski definition) is 2. The summed E-state index contributed by atoms with van der Waals surface area (Å²) in [5, 5.41) is 5.50. The van der Waals surface area contributed by atoms with Crippen molar-refractivity contribution in [2.45, 2.75) is 33.0 Å². The molecule has 5 nitrogen and oxygen atoms in total. The molecule has 25 heavy (non-hydrogen) atoms. The van der Waals surface area contributed by atoms with Crippen LogP contribution >= 0.6 is 0 Å². The fraction of sp³-hybridized carbons (Fsp3) is 0.300. The van der Waals surface area contributed by atoms with Crippen molar-refractivity contribution in [1.29, 1.82) is 0 Å². The molecule has 0 heterocycles. The van der Waals surface area contributed by atoms with E-state index in [9.17, 15) is 9.59 Å². The molecule has 0 bridgehead atoms. The lowest BCUT2D eigenvalue weighted by Gasteiger charge is -2.21. The summed E-state index contributed by atoms with van der Waals surface area (Å²) in [5.41, 5.74) is 1.90. The minimum atomic E-state index is -0.646. The number of nitrogens with one attached hydrogen (secondary N) is 2. The second kappa shape index (κ2) is 9.47. The summed E-state index contributed by atoms with van der Waals surface area (Å²) in [6.45, 7) is 4.35. The molecular formula is C20H24N2O3. The Kier molecular flexibility index (Phi) is 7.01. The van der Waals surface area contributed by atoms with Gasteiger partial charge >= 0.3 is 6.09 Å². The summed E-state index contributed by atoms with van der Waals surface area (Å²) >= 11 is 0. The van der Waals surface area contributed by atoms with Gasteiger partial charge in [-0.15, -0.1) is 0 Å². The third kappa shape index (κ3) is 6.30. The molecule has 0 saturated heterocycles. The van der Waals surface area contributed by atoms with Crippen molar-refractivity contribution in [1.82, 2.24) is 10.6 Å². The van der Waals surface area contributed by atoms with E-state index < -0.39 is 12.1 Å². The molecule has 0 spiro atoms. The van der Waals surface area contributed by atoms with Crippen molar-refractivity contribution < 1.29 is 14.3 Å². The van der Waals surface area contributed by atoms with Crippen molar-refractivity contribution in [2.75, 3.05) is 0 Å². The van der Waals surface area contributed by atoms with Crippen LogP contribution in [0.1, 0.15) is 25.0 Å². The van der Waals surface area contributed by atoms with Crippen LogP contribution in [0.4, 0.5) is 4.79 Å². The fourth-order valence-corrected chi connectivity index (χ4v) is 2.32. The van der Waals surface area contributed by atoms with Crippen LogP contribution in [0, 0.1) is 5.92 Å². The average molecular weight is 340 g/mol. The first-order valence-electron chi connectivity index (χ1n) is 8.35. The van der Waals surface area contributed by atoms with Gasteiger partial charge in [-0.25, -0.2) is 4.79 Å². The summed E-state index contributed by atoms with van der Waals surface area (Å²) in [5.74, 6) is -0.282. The molecule has 0 aliphatic carbocycles. The number of ether oxygens (including phenoxy) is 1. The zero-order valence-corrected chi connectivity index (χ0v) is 14.6. The van der Waals surface area contributed by atoms with Gasteiger partial charge in [0.25, 0.3) is 0 Å². The van der Waals surface area contributed by atoms with Gasteiger partial charge in [-0.05, 0) is 17.0 Å². The molecule has 1 atom stereocenters. The van der Waals surface area contributed by atoms with Crippen molar-refractivity contribution in [3.05, 3.63) is 71.8 Å². The van der Waals surface area contributed by atoms with Gasteiger partial charge in [0.05, 0.1) is 0 Å². The molecule has 132 valence electrons. The lowest BCUT2D eigenvalue weighted by atomic mass is 10.0. The summed E-state index contributed by atoms with van der Waals surface area (Å²) in [7, 11) is 0. The van der Waals surface area contributed by atoms with Crippen molar-refractivity contribution in [3.8, 4) is 0 Å². The van der Waals surface area contributed by atoms with Gasteiger partial charge in [0.1, 0.15) is 12.6 Å². The first kappa shape index (κ1) is 18.5. The van der Waals surface area contributed by atoms with Gasteiger partial charge in [-0.2, -0.15) is 0 Å².